The van der Waals surface area contributed by atoms with Gasteiger partial charge >= 0.3 is 0 Å². The van der Waals surface area contributed by atoms with Crippen LogP contribution in [0.15, 0.2) is 42.5 Å². The van der Waals surface area contributed by atoms with E-state index in [0.29, 0.717) is 18.0 Å². The van der Waals surface area contributed by atoms with Crippen LogP contribution in [0.4, 0.5) is 5.69 Å². The SMILES string of the molecule is CCc1ccccc1N1CC(C(=O)NC(C)c2cc(OC)ccc2OC)CC1=O. The van der Waals surface area contributed by atoms with Crippen LogP contribution in [0.25, 0.3) is 0 Å². The Kier molecular flexibility index (Phi) is 6.42. The molecule has 2 aromatic carbocycles. The van der Waals surface area contributed by atoms with Gasteiger partial charge in [0.2, 0.25) is 11.8 Å². The summed E-state index contributed by atoms with van der Waals surface area (Å²) in [5.41, 5.74) is 2.84. The van der Waals surface area contributed by atoms with E-state index in [-0.39, 0.29) is 30.2 Å². The third kappa shape index (κ3) is 4.36. The molecule has 1 aliphatic rings. The summed E-state index contributed by atoms with van der Waals surface area (Å²) < 4.78 is 10.7. The minimum atomic E-state index is -0.383. The number of carbonyl (C=O) groups is 2. The standard InChI is InChI=1S/C23H28N2O4/c1-5-16-8-6-7-9-20(16)25-14-17(12-22(25)26)23(27)24-15(2)19-13-18(28-3)10-11-21(19)29-4/h6-11,13,15,17H,5,12,14H2,1-4H3,(H,24,27). The number of benzene rings is 2. The fraction of sp³-hybridized carbons (Fsp3) is 0.391. The van der Waals surface area contributed by atoms with E-state index >= 15 is 0 Å². The molecule has 0 saturated carbocycles. The van der Waals surface area contributed by atoms with E-state index < -0.39 is 0 Å². The average molecular weight is 396 g/mol. The maximum Gasteiger partial charge on any atom is 0.227 e. The first-order chi connectivity index (χ1) is 14.0. The highest BCUT2D eigenvalue weighted by atomic mass is 16.5. The topological polar surface area (TPSA) is 67.9 Å². The molecule has 154 valence electrons. The predicted molar refractivity (Wildman–Crippen MR) is 112 cm³/mol. The third-order valence-electron chi connectivity index (χ3n) is 5.42. The van der Waals surface area contributed by atoms with Gasteiger partial charge in [0.25, 0.3) is 0 Å². The number of hydrogen-bond acceptors (Lipinski definition) is 4. The van der Waals surface area contributed by atoms with Crippen molar-refractivity contribution in [2.75, 3.05) is 25.7 Å². The van der Waals surface area contributed by atoms with Gasteiger partial charge in [-0.2, -0.15) is 0 Å². The number of carbonyl (C=O) groups excluding carboxylic acids is 2. The Labute approximate surface area is 171 Å². The molecule has 0 spiro atoms. The van der Waals surface area contributed by atoms with Crippen molar-refractivity contribution in [2.24, 2.45) is 5.92 Å². The molecule has 1 saturated heterocycles. The Morgan fingerprint density at radius 2 is 1.97 bits per heavy atom. The molecule has 2 atom stereocenters. The third-order valence-corrected chi connectivity index (χ3v) is 5.42. The van der Waals surface area contributed by atoms with Crippen LogP contribution in [0.5, 0.6) is 11.5 Å². The minimum absolute atomic E-state index is 0.0161. The van der Waals surface area contributed by atoms with E-state index in [2.05, 4.69) is 12.2 Å². The number of ether oxygens (including phenoxy) is 2. The monoisotopic (exact) mass is 396 g/mol. The van der Waals surface area contributed by atoms with E-state index in [1.54, 1.807) is 19.1 Å². The highest BCUT2D eigenvalue weighted by Gasteiger charge is 2.36. The summed E-state index contributed by atoms with van der Waals surface area (Å²) in [6.45, 7) is 4.35. The highest BCUT2D eigenvalue weighted by molar-refractivity contribution is 6.00. The molecule has 29 heavy (non-hydrogen) atoms. The Balaban J connectivity index is 1.73. The Bertz CT molecular complexity index is 896. The molecule has 1 heterocycles. The molecule has 2 unspecified atom stereocenters. The second-order valence-corrected chi connectivity index (χ2v) is 7.23. The van der Waals surface area contributed by atoms with Crippen molar-refractivity contribution in [3.63, 3.8) is 0 Å². The van der Waals surface area contributed by atoms with Gasteiger partial charge in [-0.1, -0.05) is 25.1 Å². The smallest absolute Gasteiger partial charge is 0.227 e. The number of methoxy groups -OCH3 is 2. The second-order valence-electron chi connectivity index (χ2n) is 7.23. The van der Waals surface area contributed by atoms with Crippen LogP contribution in [0.2, 0.25) is 0 Å². The van der Waals surface area contributed by atoms with Crippen LogP contribution < -0.4 is 19.7 Å². The number of hydrogen-bond donors (Lipinski definition) is 1. The number of aryl methyl sites for hydroxylation is 1. The first-order valence-electron chi connectivity index (χ1n) is 9.89. The highest BCUT2D eigenvalue weighted by Crippen LogP contribution is 2.31. The van der Waals surface area contributed by atoms with Crippen LogP contribution >= 0.6 is 0 Å². The number of para-hydroxylation sites is 1. The van der Waals surface area contributed by atoms with Crippen LogP contribution in [0.1, 0.15) is 37.4 Å². The van der Waals surface area contributed by atoms with Gasteiger partial charge in [-0.15, -0.1) is 0 Å². The Hall–Kier alpha value is -3.02. The molecule has 0 aromatic heterocycles. The molecule has 1 fully saturated rings. The Morgan fingerprint density at radius 1 is 1.21 bits per heavy atom. The zero-order valence-corrected chi connectivity index (χ0v) is 17.4. The van der Waals surface area contributed by atoms with Crippen LogP contribution in [0.3, 0.4) is 0 Å². The van der Waals surface area contributed by atoms with Crippen LogP contribution in [-0.4, -0.2) is 32.6 Å². The lowest BCUT2D eigenvalue weighted by atomic mass is 10.0. The average Bonchev–Trinajstić information content (AvgIpc) is 3.14. The van der Waals surface area contributed by atoms with Crippen LogP contribution in [0, 0.1) is 5.92 Å². The summed E-state index contributed by atoms with van der Waals surface area (Å²) in [5.74, 6) is 0.844. The number of rotatable bonds is 7. The van der Waals surface area contributed by atoms with Crippen molar-refractivity contribution in [3.8, 4) is 11.5 Å². The zero-order chi connectivity index (χ0) is 21.0. The summed E-state index contributed by atoms with van der Waals surface area (Å²) in [6, 6.07) is 13.1. The van der Waals surface area contributed by atoms with Crippen LogP contribution in [-0.2, 0) is 16.0 Å². The normalized spacial score (nSPS) is 17.2. The maximum atomic E-state index is 12.9. The summed E-state index contributed by atoms with van der Waals surface area (Å²) in [7, 11) is 3.19. The molecular formula is C23H28N2O4. The van der Waals surface area contributed by atoms with Crippen molar-refractivity contribution < 1.29 is 19.1 Å². The van der Waals surface area contributed by atoms with Crippen molar-refractivity contribution in [3.05, 3.63) is 53.6 Å². The minimum Gasteiger partial charge on any atom is -0.497 e. The van der Waals surface area contributed by atoms with E-state index in [9.17, 15) is 9.59 Å². The van der Waals surface area contributed by atoms with E-state index in [1.807, 2.05) is 49.4 Å². The maximum absolute atomic E-state index is 12.9. The van der Waals surface area contributed by atoms with Gasteiger partial charge in [-0.3, -0.25) is 9.59 Å². The lowest BCUT2D eigenvalue weighted by Crippen LogP contribution is -2.34. The summed E-state index contributed by atoms with van der Waals surface area (Å²) in [4.78, 5) is 27.2. The predicted octanol–water partition coefficient (Wildman–Crippen LogP) is 3.50. The number of anilines is 1. The number of nitrogens with zero attached hydrogens (tertiary/aromatic N) is 1. The molecule has 3 rings (SSSR count). The molecule has 6 nitrogen and oxygen atoms in total. The molecule has 0 radical (unpaired) electrons. The van der Waals surface area contributed by atoms with Gasteiger partial charge in [-0.25, -0.2) is 0 Å². The molecule has 2 aromatic rings. The molecule has 1 N–H and O–H groups in total. The molecule has 0 bridgehead atoms. The lowest BCUT2D eigenvalue weighted by molar-refractivity contribution is -0.126. The van der Waals surface area contributed by atoms with E-state index in [1.165, 1.54) is 0 Å². The molecule has 6 heteroatoms. The molecule has 1 aliphatic heterocycles. The van der Waals surface area contributed by atoms with E-state index in [4.69, 9.17) is 9.47 Å². The van der Waals surface area contributed by atoms with Gasteiger partial charge in [0.15, 0.2) is 0 Å². The van der Waals surface area contributed by atoms with Crippen molar-refractivity contribution in [1.29, 1.82) is 0 Å². The Morgan fingerprint density at radius 3 is 2.66 bits per heavy atom. The van der Waals surface area contributed by atoms with Gasteiger partial charge in [0, 0.05) is 24.2 Å². The quantitative estimate of drug-likeness (QED) is 0.778. The fourth-order valence-corrected chi connectivity index (χ4v) is 3.78. The zero-order valence-electron chi connectivity index (χ0n) is 17.4. The number of amides is 2. The van der Waals surface area contributed by atoms with Crippen molar-refractivity contribution in [1.82, 2.24) is 5.32 Å². The summed E-state index contributed by atoms with van der Waals surface area (Å²) in [6.07, 6.45) is 1.05. The first kappa shape index (κ1) is 20.7. The largest absolute Gasteiger partial charge is 0.497 e. The second kappa shape index (κ2) is 8.99. The molecule has 2 amide bonds. The summed E-state index contributed by atoms with van der Waals surface area (Å²) >= 11 is 0. The molecule has 0 aliphatic carbocycles. The van der Waals surface area contributed by atoms with E-state index in [0.717, 1.165) is 23.2 Å². The van der Waals surface area contributed by atoms with Gasteiger partial charge in [-0.05, 0) is 43.2 Å². The van der Waals surface area contributed by atoms with Gasteiger partial charge in [0.05, 0.1) is 26.2 Å². The van der Waals surface area contributed by atoms with Gasteiger partial charge < -0.3 is 19.7 Å². The van der Waals surface area contributed by atoms with Crippen molar-refractivity contribution >= 4 is 17.5 Å². The fourth-order valence-electron chi connectivity index (χ4n) is 3.78. The lowest BCUT2D eigenvalue weighted by Gasteiger charge is -2.21. The first-order valence-corrected chi connectivity index (χ1v) is 9.89. The van der Waals surface area contributed by atoms with Crippen molar-refractivity contribution in [2.45, 2.75) is 32.7 Å². The number of nitrogens with one attached hydrogen (secondary N) is 1. The van der Waals surface area contributed by atoms with Gasteiger partial charge in [0.1, 0.15) is 11.5 Å². The molecular weight excluding hydrogens is 368 g/mol. The summed E-state index contributed by atoms with van der Waals surface area (Å²) in [5, 5.41) is 3.03.